The summed E-state index contributed by atoms with van der Waals surface area (Å²) in [6.07, 6.45) is 10.0. The van der Waals surface area contributed by atoms with Gasteiger partial charge in [-0.1, -0.05) is 44.9 Å². The molecular weight excluding hydrogens is 456 g/mol. The van der Waals surface area contributed by atoms with Crippen molar-refractivity contribution in [2.45, 2.75) is 63.7 Å². The second kappa shape index (κ2) is 11.1. The van der Waals surface area contributed by atoms with Gasteiger partial charge in [0.1, 0.15) is 0 Å². The lowest BCUT2D eigenvalue weighted by Gasteiger charge is -2.28. The largest absolute Gasteiger partial charge is 0.306 e. The highest BCUT2D eigenvalue weighted by molar-refractivity contribution is 7.92. The fourth-order valence-corrected chi connectivity index (χ4v) is 6.25. The molecule has 1 N–H and O–H groups in total. The summed E-state index contributed by atoms with van der Waals surface area (Å²) in [5.74, 6) is 1.28. The molecule has 1 aliphatic heterocycles. The summed E-state index contributed by atoms with van der Waals surface area (Å²) in [5, 5.41) is 5.29. The van der Waals surface area contributed by atoms with Crippen molar-refractivity contribution < 1.29 is 8.42 Å². The molecule has 0 amide bonds. The lowest BCUT2D eigenvalue weighted by Crippen LogP contribution is -2.30. The van der Waals surface area contributed by atoms with E-state index >= 15 is 0 Å². The number of aryl methyl sites for hydroxylation is 2. The first kappa shape index (κ1) is 25.7. The average Bonchev–Trinajstić information content (AvgIpc) is 3.20. The van der Waals surface area contributed by atoms with Gasteiger partial charge in [-0.2, -0.15) is 5.10 Å². The van der Waals surface area contributed by atoms with Gasteiger partial charge in [0, 0.05) is 18.6 Å². The van der Waals surface area contributed by atoms with Gasteiger partial charge in [0.25, 0.3) is 10.0 Å². The number of benzene rings is 2. The summed E-state index contributed by atoms with van der Waals surface area (Å²) in [5.41, 5.74) is 3.61. The van der Waals surface area contributed by atoms with E-state index in [9.17, 15) is 8.42 Å². The van der Waals surface area contributed by atoms with Crippen molar-refractivity contribution in [3.63, 3.8) is 0 Å². The number of piperidine rings is 1. The molecule has 4 rings (SSSR count). The van der Waals surface area contributed by atoms with Crippen molar-refractivity contribution in [3.8, 4) is 0 Å². The van der Waals surface area contributed by atoms with E-state index in [1.807, 2.05) is 37.5 Å². The molecule has 1 saturated heterocycles. The number of unbranched alkanes of at least 4 members (excludes halogenated alkanes) is 1. The number of likely N-dealkylation sites (tertiary alicyclic amines) is 1. The number of hydrogen-bond acceptors (Lipinski definition) is 4. The minimum Gasteiger partial charge on any atom is -0.306 e. The van der Waals surface area contributed by atoms with Crippen molar-refractivity contribution in [2.24, 2.45) is 18.9 Å². The fraction of sp³-hybridized carbons (Fsp3) is 0.536. The number of fused-ring (bicyclic) bond motifs is 1. The van der Waals surface area contributed by atoms with Gasteiger partial charge in [-0.15, -0.1) is 0 Å². The molecule has 1 aromatic heterocycles. The van der Waals surface area contributed by atoms with Crippen molar-refractivity contribution in [1.82, 2.24) is 14.7 Å². The minimum atomic E-state index is -3.71. The maximum atomic E-state index is 13.3. The van der Waals surface area contributed by atoms with Gasteiger partial charge in [-0.25, -0.2) is 8.42 Å². The maximum absolute atomic E-state index is 13.3. The summed E-state index contributed by atoms with van der Waals surface area (Å²) in [6.45, 7) is 6.72. The van der Waals surface area contributed by atoms with Gasteiger partial charge in [-0.3, -0.25) is 9.40 Å². The Morgan fingerprint density at radius 1 is 1.03 bits per heavy atom. The van der Waals surface area contributed by atoms with Crippen LogP contribution in [0.1, 0.15) is 57.1 Å². The second-order valence-corrected chi connectivity index (χ2v) is 12.4. The topological polar surface area (TPSA) is 67.2 Å². The van der Waals surface area contributed by atoms with Crippen LogP contribution < -0.4 is 4.72 Å². The first-order chi connectivity index (χ1) is 16.7. The van der Waals surface area contributed by atoms with Crippen molar-refractivity contribution >= 4 is 26.6 Å². The quantitative estimate of drug-likeness (QED) is 0.370. The van der Waals surface area contributed by atoms with Crippen molar-refractivity contribution in [3.05, 3.63) is 53.7 Å². The predicted molar refractivity (Wildman–Crippen MR) is 144 cm³/mol. The Hall–Kier alpha value is -2.38. The molecule has 1 aliphatic rings. The average molecular weight is 497 g/mol. The van der Waals surface area contributed by atoms with E-state index in [1.54, 1.807) is 16.8 Å². The summed E-state index contributed by atoms with van der Waals surface area (Å²) >= 11 is 0. The molecule has 2 aromatic carbocycles. The minimum absolute atomic E-state index is 0.295. The Bertz CT molecular complexity index is 1220. The van der Waals surface area contributed by atoms with E-state index in [0.29, 0.717) is 16.5 Å². The van der Waals surface area contributed by atoms with Crippen LogP contribution in [0.3, 0.4) is 0 Å². The number of nitrogens with one attached hydrogen (secondary N) is 1. The van der Waals surface area contributed by atoms with Gasteiger partial charge >= 0.3 is 0 Å². The first-order valence-corrected chi connectivity index (χ1v) is 14.4. The Labute approximate surface area is 210 Å². The third-order valence-corrected chi connectivity index (χ3v) is 8.52. The van der Waals surface area contributed by atoms with Gasteiger partial charge in [0.05, 0.1) is 16.1 Å². The lowest BCUT2D eigenvalue weighted by molar-refractivity contribution is 0.210. The monoisotopic (exact) mass is 496 g/mol. The zero-order valence-corrected chi connectivity index (χ0v) is 22.4. The van der Waals surface area contributed by atoms with Crippen LogP contribution in [0.15, 0.2) is 47.5 Å². The molecule has 35 heavy (non-hydrogen) atoms. The van der Waals surface area contributed by atoms with Gasteiger partial charge in [0.15, 0.2) is 0 Å². The molecule has 0 saturated carbocycles. The van der Waals surface area contributed by atoms with Crippen LogP contribution in [0.2, 0.25) is 0 Å². The molecule has 0 atom stereocenters. The van der Waals surface area contributed by atoms with Crippen LogP contribution in [-0.2, 0) is 29.9 Å². The molecule has 3 aromatic rings. The highest BCUT2D eigenvalue weighted by atomic mass is 32.2. The van der Waals surface area contributed by atoms with Crippen LogP contribution in [0.5, 0.6) is 0 Å². The Morgan fingerprint density at radius 2 is 1.74 bits per heavy atom. The molecule has 0 spiro atoms. The van der Waals surface area contributed by atoms with Crippen LogP contribution >= 0.6 is 0 Å². The number of aromatic nitrogens is 2. The smallest absolute Gasteiger partial charge is 0.261 e. The van der Waals surface area contributed by atoms with Crippen LogP contribution in [0.25, 0.3) is 10.9 Å². The van der Waals surface area contributed by atoms with Crippen molar-refractivity contribution in [2.75, 3.05) is 24.9 Å². The van der Waals surface area contributed by atoms with Crippen molar-refractivity contribution in [1.29, 1.82) is 0 Å². The first-order valence-electron chi connectivity index (χ1n) is 13.0. The predicted octanol–water partition coefficient (Wildman–Crippen LogP) is 5.63. The van der Waals surface area contributed by atoms with Crippen LogP contribution in [0, 0.1) is 11.8 Å². The summed E-state index contributed by atoms with van der Waals surface area (Å²) in [6, 6.07) is 11.3. The molecular formula is C28H40N4O2S. The number of anilines is 1. The SMILES string of the molecule is CC(C)Cc1ccc2nn(C)cc2c1NS(=O)(=O)c1ccc(CCCCC2CCN(C)CC2)cc1. The van der Waals surface area contributed by atoms with E-state index in [2.05, 4.69) is 35.6 Å². The fourth-order valence-electron chi connectivity index (χ4n) is 5.13. The molecule has 1 fully saturated rings. The third kappa shape index (κ3) is 6.64. The highest BCUT2D eigenvalue weighted by Crippen LogP contribution is 2.31. The Kier molecular flexibility index (Phi) is 8.17. The Morgan fingerprint density at radius 3 is 2.43 bits per heavy atom. The lowest BCUT2D eigenvalue weighted by atomic mass is 9.91. The summed E-state index contributed by atoms with van der Waals surface area (Å²) < 4.78 is 31.3. The molecule has 0 unspecified atom stereocenters. The maximum Gasteiger partial charge on any atom is 0.261 e. The van der Waals surface area contributed by atoms with Gasteiger partial charge in [0.2, 0.25) is 0 Å². The molecule has 2 heterocycles. The molecule has 0 aliphatic carbocycles. The number of rotatable bonds is 10. The van der Waals surface area contributed by atoms with E-state index in [4.69, 9.17) is 0 Å². The zero-order valence-electron chi connectivity index (χ0n) is 21.6. The zero-order chi connectivity index (χ0) is 25.0. The summed E-state index contributed by atoms with van der Waals surface area (Å²) in [4.78, 5) is 2.72. The van der Waals surface area contributed by atoms with Crippen LogP contribution in [0.4, 0.5) is 5.69 Å². The molecule has 7 heteroatoms. The number of nitrogens with zero attached hydrogens (tertiary/aromatic N) is 3. The molecule has 0 radical (unpaired) electrons. The van der Waals surface area contributed by atoms with E-state index < -0.39 is 10.0 Å². The number of sulfonamides is 1. The van der Waals surface area contributed by atoms with E-state index in [-0.39, 0.29) is 0 Å². The molecule has 0 bridgehead atoms. The molecule has 190 valence electrons. The normalized spacial score (nSPS) is 15.8. The standard InChI is InChI=1S/C28H40N4O2S/c1-21(2)19-24-11-14-27-26(20-32(4)29-27)28(24)30-35(33,34)25-12-9-22(10-13-25)7-5-6-8-23-15-17-31(3)18-16-23/h9-14,20-21,23,30H,5-8,15-19H2,1-4H3. The third-order valence-electron chi connectivity index (χ3n) is 7.15. The van der Waals surface area contributed by atoms with Crippen LogP contribution in [-0.4, -0.2) is 43.2 Å². The van der Waals surface area contributed by atoms with Gasteiger partial charge in [-0.05, 0) is 93.4 Å². The number of hydrogen-bond donors (Lipinski definition) is 1. The highest BCUT2D eigenvalue weighted by Gasteiger charge is 2.20. The van der Waals surface area contributed by atoms with Gasteiger partial charge < -0.3 is 4.90 Å². The van der Waals surface area contributed by atoms with E-state index in [1.165, 1.54) is 44.3 Å². The Balaban J connectivity index is 1.41. The van der Waals surface area contributed by atoms with E-state index in [0.717, 1.165) is 41.6 Å². The summed E-state index contributed by atoms with van der Waals surface area (Å²) in [7, 11) is 0.356. The second-order valence-electron chi connectivity index (χ2n) is 10.7. The molecule has 6 nitrogen and oxygen atoms in total.